The summed E-state index contributed by atoms with van der Waals surface area (Å²) in [5, 5.41) is 20.6. The lowest BCUT2D eigenvalue weighted by atomic mass is 10.3. The van der Waals surface area contributed by atoms with Gasteiger partial charge in [0.2, 0.25) is 5.82 Å². The Morgan fingerprint density at radius 1 is 1.59 bits per heavy atom. The third-order valence-corrected chi connectivity index (χ3v) is 1.95. The Morgan fingerprint density at radius 3 is 2.88 bits per heavy atom. The molecule has 17 heavy (non-hydrogen) atoms. The predicted molar refractivity (Wildman–Crippen MR) is 59.7 cm³/mol. The summed E-state index contributed by atoms with van der Waals surface area (Å²) < 4.78 is 4.51. The van der Waals surface area contributed by atoms with Gasteiger partial charge in [-0.05, 0) is 6.92 Å². The first-order chi connectivity index (χ1) is 8.06. The summed E-state index contributed by atoms with van der Waals surface area (Å²) in [5.74, 6) is -0.279. The Morgan fingerprint density at radius 2 is 2.29 bits per heavy atom. The first kappa shape index (κ1) is 13.3. The number of hydrogen-bond donors (Lipinski definition) is 3. The van der Waals surface area contributed by atoms with E-state index >= 15 is 0 Å². The summed E-state index contributed by atoms with van der Waals surface area (Å²) in [6, 6.07) is 1.62. The Labute approximate surface area is 98.5 Å². The van der Waals surface area contributed by atoms with Gasteiger partial charge in [0.25, 0.3) is 0 Å². The molecule has 0 saturated heterocycles. The second-order valence-corrected chi connectivity index (χ2v) is 3.43. The van der Waals surface area contributed by atoms with Crippen LogP contribution in [0.4, 0.5) is 5.82 Å². The number of aromatic nitrogens is 2. The zero-order valence-electron chi connectivity index (χ0n) is 9.67. The van der Waals surface area contributed by atoms with Crippen LogP contribution in [0.15, 0.2) is 6.07 Å². The number of hydrogen-bond acceptors (Lipinski definition) is 7. The number of anilines is 1. The SMILES string of the molecule is COC(=O)c1nc(C)cc(NCC(O)CO)n1. The van der Waals surface area contributed by atoms with Crippen molar-refractivity contribution in [1.29, 1.82) is 0 Å². The predicted octanol–water partition coefficient (Wildman–Crippen LogP) is -0.663. The molecule has 7 heteroatoms. The topological polar surface area (TPSA) is 105 Å². The van der Waals surface area contributed by atoms with Gasteiger partial charge in [0, 0.05) is 18.3 Å². The molecule has 1 rings (SSSR count). The summed E-state index contributed by atoms with van der Waals surface area (Å²) in [6.07, 6.45) is -0.883. The van der Waals surface area contributed by atoms with Crippen molar-refractivity contribution in [3.05, 3.63) is 17.6 Å². The van der Waals surface area contributed by atoms with E-state index < -0.39 is 12.1 Å². The Bertz CT molecular complexity index is 397. The van der Waals surface area contributed by atoms with Crippen molar-refractivity contribution in [1.82, 2.24) is 9.97 Å². The maximum Gasteiger partial charge on any atom is 0.376 e. The van der Waals surface area contributed by atoms with Crippen molar-refractivity contribution in [2.24, 2.45) is 0 Å². The van der Waals surface area contributed by atoms with E-state index in [2.05, 4.69) is 20.0 Å². The quantitative estimate of drug-likeness (QED) is 0.587. The van der Waals surface area contributed by atoms with Crippen LogP contribution in [0.1, 0.15) is 16.3 Å². The number of carbonyl (C=O) groups is 1. The van der Waals surface area contributed by atoms with Crippen LogP contribution in [-0.2, 0) is 4.74 Å². The van der Waals surface area contributed by atoms with Crippen LogP contribution in [-0.4, -0.2) is 52.5 Å². The van der Waals surface area contributed by atoms with Crippen LogP contribution in [0.2, 0.25) is 0 Å². The molecular weight excluding hydrogens is 226 g/mol. The minimum absolute atomic E-state index is 0.0477. The van der Waals surface area contributed by atoms with Gasteiger partial charge in [0.1, 0.15) is 5.82 Å². The average Bonchev–Trinajstić information content (AvgIpc) is 2.34. The van der Waals surface area contributed by atoms with Crippen molar-refractivity contribution < 1.29 is 19.7 Å². The van der Waals surface area contributed by atoms with Crippen LogP contribution in [0.3, 0.4) is 0 Å². The zero-order valence-corrected chi connectivity index (χ0v) is 9.67. The highest BCUT2D eigenvalue weighted by Crippen LogP contribution is 2.07. The van der Waals surface area contributed by atoms with Crippen molar-refractivity contribution >= 4 is 11.8 Å². The molecule has 94 valence electrons. The summed E-state index contributed by atoms with van der Waals surface area (Å²) in [7, 11) is 1.25. The molecule has 1 aromatic rings. The Kier molecular flexibility index (Phi) is 4.80. The molecule has 0 aliphatic carbocycles. The van der Waals surface area contributed by atoms with Gasteiger partial charge < -0.3 is 20.3 Å². The molecular formula is C10H15N3O4. The second-order valence-electron chi connectivity index (χ2n) is 3.43. The molecule has 7 nitrogen and oxygen atoms in total. The minimum Gasteiger partial charge on any atom is -0.463 e. The van der Waals surface area contributed by atoms with Gasteiger partial charge in [-0.25, -0.2) is 14.8 Å². The molecule has 1 heterocycles. The highest BCUT2D eigenvalue weighted by Gasteiger charge is 2.11. The molecule has 0 fully saturated rings. The standard InChI is InChI=1S/C10H15N3O4/c1-6-3-8(11-4-7(15)5-14)13-9(12-6)10(16)17-2/h3,7,14-15H,4-5H2,1-2H3,(H,11,12,13). The smallest absolute Gasteiger partial charge is 0.376 e. The van der Waals surface area contributed by atoms with E-state index in [9.17, 15) is 4.79 Å². The van der Waals surface area contributed by atoms with Crippen molar-refractivity contribution in [2.75, 3.05) is 25.6 Å². The van der Waals surface area contributed by atoms with Crippen molar-refractivity contribution in [2.45, 2.75) is 13.0 Å². The number of rotatable bonds is 5. The highest BCUT2D eigenvalue weighted by molar-refractivity contribution is 5.85. The largest absolute Gasteiger partial charge is 0.463 e. The summed E-state index contributed by atoms with van der Waals surface area (Å²) >= 11 is 0. The third-order valence-electron chi connectivity index (χ3n) is 1.95. The molecule has 0 aliphatic rings. The van der Waals surface area contributed by atoms with Crippen LogP contribution in [0, 0.1) is 6.92 Å². The monoisotopic (exact) mass is 241 g/mol. The molecule has 0 saturated carbocycles. The normalized spacial score (nSPS) is 12.0. The Balaban J connectivity index is 2.79. The van der Waals surface area contributed by atoms with Gasteiger partial charge >= 0.3 is 5.97 Å². The zero-order chi connectivity index (χ0) is 12.8. The number of methoxy groups -OCH3 is 1. The Hall–Kier alpha value is -1.73. The lowest BCUT2D eigenvalue weighted by molar-refractivity contribution is 0.0586. The fourth-order valence-corrected chi connectivity index (χ4v) is 1.13. The fourth-order valence-electron chi connectivity index (χ4n) is 1.13. The van der Waals surface area contributed by atoms with Crippen LogP contribution in [0.25, 0.3) is 0 Å². The molecule has 0 spiro atoms. The van der Waals surface area contributed by atoms with Gasteiger partial charge in [-0.3, -0.25) is 0 Å². The summed E-state index contributed by atoms with van der Waals surface area (Å²) in [4.78, 5) is 19.1. The van der Waals surface area contributed by atoms with Gasteiger partial charge in [0.05, 0.1) is 19.8 Å². The molecule has 1 unspecified atom stereocenters. The van der Waals surface area contributed by atoms with E-state index in [0.29, 0.717) is 11.5 Å². The minimum atomic E-state index is -0.883. The third kappa shape index (κ3) is 3.97. The maximum atomic E-state index is 11.2. The number of esters is 1. The molecule has 0 aliphatic heterocycles. The number of ether oxygens (including phenoxy) is 1. The van der Waals surface area contributed by atoms with Crippen molar-refractivity contribution in [3.63, 3.8) is 0 Å². The maximum absolute atomic E-state index is 11.2. The van der Waals surface area contributed by atoms with Crippen LogP contribution in [0.5, 0.6) is 0 Å². The summed E-state index contributed by atoms with van der Waals surface area (Å²) in [5.41, 5.74) is 0.599. The van der Waals surface area contributed by atoms with Crippen LogP contribution >= 0.6 is 0 Å². The lowest BCUT2D eigenvalue weighted by Crippen LogP contribution is -2.24. The molecule has 3 N–H and O–H groups in total. The van der Waals surface area contributed by atoms with E-state index in [0.717, 1.165) is 0 Å². The van der Waals surface area contributed by atoms with Gasteiger partial charge in [-0.15, -0.1) is 0 Å². The number of aliphatic hydroxyl groups excluding tert-OH is 2. The number of aryl methyl sites for hydroxylation is 1. The number of carbonyl (C=O) groups excluding carboxylic acids is 1. The highest BCUT2D eigenvalue weighted by atomic mass is 16.5. The van der Waals surface area contributed by atoms with E-state index in [-0.39, 0.29) is 19.0 Å². The molecule has 0 aromatic carbocycles. The van der Waals surface area contributed by atoms with E-state index in [1.165, 1.54) is 7.11 Å². The molecule has 0 radical (unpaired) electrons. The number of nitrogens with zero attached hydrogens (tertiary/aromatic N) is 2. The first-order valence-electron chi connectivity index (χ1n) is 5.03. The van der Waals surface area contributed by atoms with Gasteiger partial charge in [0.15, 0.2) is 0 Å². The van der Waals surface area contributed by atoms with E-state index in [1.807, 2.05) is 0 Å². The first-order valence-corrected chi connectivity index (χ1v) is 5.03. The van der Waals surface area contributed by atoms with Crippen molar-refractivity contribution in [3.8, 4) is 0 Å². The van der Waals surface area contributed by atoms with Gasteiger partial charge in [-0.1, -0.05) is 0 Å². The number of aliphatic hydroxyl groups is 2. The molecule has 1 atom stereocenters. The summed E-state index contributed by atoms with van der Waals surface area (Å²) in [6.45, 7) is 1.50. The molecule has 0 amide bonds. The second kappa shape index (κ2) is 6.12. The molecule has 1 aromatic heterocycles. The van der Waals surface area contributed by atoms with E-state index in [4.69, 9.17) is 10.2 Å². The lowest BCUT2D eigenvalue weighted by Gasteiger charge is -2.10. The number of nitrogens with one attached hydrogen (secondary N) is 1. The van der Waals surface area contributed by atoms with Crippen LogP contribution < -0.4 is 5.32 Å². The van der Waals surface area contributed by atoms with E-state index in [1.54, 1.807) is 13.0 Å². The molecule has 0 bridgehead atoms. The van der Waals surface area contributed by atoms with Gasteiger partial charge in [-0.2, -0.15) is 0 Å². The average molecular weight is 241 g/mol. The fraction of sp³-hybridized carbons (Fsp3) is 0.500.